The van der Waals surface area contributed by atoms with Crippen LogP contribution in [0.25, 0.3) is 11.3 Å². The molecule has 2 aromatic rings. The van der Waals surface area contributed by atoms with Gasteiger partial charge in [-0.3, -0.25) is 14.9 Å². The topological polar surface area (TPSA) is 108 Å². The summed E-state index contributed by atoms with van der Waals surface area (Å²) in [6, 6.07) is 10.9. The number of hydrogen-bond donors (Lipinski definition) is 2. The fraction of sp³-hybridized carbons (Fsp3) is 0.381. The van der Waals surface area contributed by atoms with Crippen molar-refractivity contribution in [2.75, 3.05) is 36.4 Å². The first-order chi connectivity index (χ1) is 14.6. The highest BCUT2D eigenvalue weighted by atomic mass is 16.2. The molecule has 9 nitrogen and oxygen atoms in total. The van der Waals surface area contributed by atoms with Crippen molar-refractivity contribution in [1.82, 2.24) is 20.4 Å². The van der Waals surface area contributed by atoms with E-state index in [-0.39, 0.29) is 31.2 Å². The third kappa shape index (κ3) is 4.73. The molecule has 156 valence electrons. The van der Waals surface area contributed by atoms with Gasteiger partial charge in [-0.1, -0.05) is 12.1 Å². The normalized spacial score (nSPS) is 16.5. The van der Waals surface area contributed by atoms with Gasteiger partial charge in [-0.25, -0.2) is 4.79 Å². The molecular weight excluding hydrogens is 384 g/mol. The van der Waals surface area contributed by atoms with E-state index in [0.29, 0.717) is 12.2 Å². The number of nitrogens with one attached hydrogen (secondary N) is 2. The summed E-state index contributed by atoms with van der Waals surface area (Å²) in [5.74, 6) is 0.435. The lowest BCUT2D eigenvalue weighted by atomic mass is 10.1. The number of anilines is 2. The Morgan fingerprint density at radius 1 is 1.00 bits per heavy atom. The second-order valence-corrected chi connectivity index (χ2v) is 7.44. The summed E-state index contributed by atoms with van der Waals surface area (Å²) in [5, 5.41) is 13.7. The Balaban J connectivity index is 1.29. The van der Waals surface area contributed by atoms with Crippen LogP contribution in [0.15, 0.2) is 36.4 Å². The van der Waals surface area contributed by atoms with Crippen molar-refractivity contribution in [2.45, 2.75) is 25.7 Å². The molecule has 0 atom stereocenters. The first-order valence-electron chi connectivity index (χ1n) is 10.2. The Morgan fingerprint density at radius 2 is 1.77 bits per heavy atom. The monoisotopic (exact) mass is 408 g/mol. The van der Waals surface area contributed by atoms with E-state index in [4.69, 9.17) is 0 Å². The fourth-order valence-corrected chi connectivity index (χ4v) is 3.59. The molecule has 0 saturated carbocycles. The van der Waals surface area contributed by atoms with Gasteiger partial charge < -0.3 is 15.1 Å². The van der Waals surface area contributed by atoms with E-state index in [9.17, 15) is 14.4 Å². The number of rotatable bonds is 6. The second-order valence-electron chi connectivity index (χ2n) is 7.44. The third-order valence-corrected chi connectivity index (χ3v) is 5.30. The average molecular weight is 408 g/mol. The van der Waals surface area contributed by atoms with Crippen LogP contribution in [0, 0.1) is 0 Å². The van der Waals surface area contributed by atoms with Gasteiger partial charge in [0.15, 0.2) is 5.82 Å². The summed E-state index contributed by atoms with van der Waals surface area (Å²) in [4.78, 5) is 38.7. The SMILES string of the molecule is O=C1CCN(CCC(=O)Nc2ccc(-c3ccc(N4CCCC4)nn3)cc2)C(=O)N1. The highest BCUT2D eigenvalue weighted by molar-refractivity contribution is 5.97. The molecule has 2 N–H and O–H groups in total. The Labute approximate surface area is 174 Å². The molecule has 4 rings (SSSR count). The summed E-state index contributed by atoms with van der Waals surface area (Å²) in [5.41, 5.74) is 2.37. The van der Waals surface area contributed by atoms with Gasteiger partial charge in [0.1, 0.15) is 0 Å². The van der Waals surface area contributed by atoms with E-state index in [0.717, 1.165) is 30.2 Å². The van der Waals surface area contributed by atoms with Gasteiger partial charge in [-0.15, -0.1) is 10.2 Å². The maximum Gasteiger partial charge on any atom is 0.324 e. The zero-order valence-electron chi connectivity index (χ0n) is 16.6. The minimum atomic E-state index is -0.444. The van der Waals surface area contributed by atoms with Crippen LogP contribution >= 0.6 is 0 Å². The number of aromatic nitrogens is 2. The summed E-state index contributed by atoms with van der Waals surface area (Å²) in [6.07, 6.45) is 2.81. The predicted octanol–water partition coefficient (Wildman–Crippen LogP) is 2.01. The predicted molar refractivity (Wildman–Crippen MR) is 112 cm³/mol. The molecule has 2 saturated heterocycles. The van der Waals surface area contributed by atoms with Crippen LogP contribution in [-0.4, -0.2) is 59.1 Å². The van der Waals surface area contributed by atoms with Crippen LogP contribution < -0.4 is 15.5 Å². The minimum absolute atomic E-state index is 0.160. The number of urea groups is 1. The number of carbonyl (C=O) groups excluding carboxylic acids is 3. The fourth-order valence-electron chi connectivity index (χ4n) is 3.59. The molecule has 0 bridgehead atoms. The highest BCUT2D eigenvalue weighted by Gasteiger charge is 2.23. The number of benzene rings is 1. The third-order valence-electron chi connectivity index (χ3n) is 5.30. The van der Waals surface area contributed by atoms with Crippen LogP contribution in [0.3, 0.4) is 0 Å². The number of amides is 4. The van der Waals surface area contributed by atoms with Crippen molar-refractivity contribution in [3.05, 3.63) is 36.4 Å². The van der Waals surface area contributed by atoms with Crippen molar-refractivity contribution < 1.29 is 14.4 Å². The molecule has 0 unspecified atom stereocenters. The Bertz CT molecular complexity index is 923. The smallest absolute Gasteiger partial charge is 0.324 e. The highest BCUT2D eigenvalue weighted by Crippen LogP contribution is 2.22. The standard InChI is InChI=1S/C21H24N6O3/c28-19(9-13-27-14-10-20(29)23-21(27)30)22-16-5-3-15(4-6-16)17-7-8-18(25-24-17)26-11-1-2-12-26/h3-8H,1-2,9-14H2,(H,22,28)(H,23,29,30). The lowest BCUT2D eigenvalue weighted by molar-refractivity contribution is -0.121. The van der Waals surface area contributed by atoms with Crippen LogP contribution in [0.2, 0.25) is 0 Å². The lowest BCUT2D eigenvalue weighted by Gasteiger charge is -2.26. The molecule has 0 radical (unpaired) electrons. The molecule has 2 fully saturated rings. The molecule has 1 aromatic carbocycles. The van der Waals surface area contributed by atoms with E-state index >= 15 is 0 Å². The Kier molecular flexibility index (Phi) is 5.87. The molecule has 3 heterocycles. The zero-order valence-corrected chi connectivity index (χ0v) is 16.6. The van der Waals surface area contributed by atoms with Gasteiger partial charge in [0.05, 0.1) is 5.69 Å². The summed E-state index contributed by atoms with van der Waals surface area (Å²) >= 11 is 0. The maximum absolute atomic E-state index is 12.2. The van der Waals surface area contributed by atoms with Gasteiger partial charge in [0.2, 0.25) is 11.8 Å². The van der Waals surface area contributed by atoms with Crippen molar-refractivity contribution in [1.29, 1.82) is 0 Å². The summed E-state index contributed by atoms with van der Waals surface area (Å²) < 4.78 is 0. The molecule has 1 aromatic heterocycles. The van der Waals surface area contributed by atoms with E-state index in [1.165, 1.54) is 17.7 Å². The molecule has 4 amide bonds. The largest absolute Gasteiger partial charge is 0.355 e. The lowest BCUT2D eigenvalue weighted by Crippen LogP contribution is -2.50. The van der Waals surface area contributed by atoms with Gasteiger partial charge in [0.25, 0.3) is 0 Å². The molecule has 0 spiro atoms. The van der Waals surface area contributed by atoms with Crippen molar-refractivity contribution in [3.63, 3.8) is 0 Å². The van der Waals surface area contributed by atoms with Crippen LogP contribution in [-0.2, 0) is 9.59 Å². The van der Waals surface area contributed by atoms with Crippen molar-refractivity contribution >= 4 is 29.4 Å². The van der Waals surface area contributed by atoms with Crippen LogP contribution in [0.5, 0.6) is 0 Å². The van der Waals surface area contributed by atoms with E-state index in [1.807, 2.05) is 36.4 Å². The molecule has 9 heteroatoms. The molecule has 30 heavy (non-hydrogen) atoms. The molecule has 2 aliphatic rings. The zero-order chi connectivity index (χ0) is 20.9. The number of hydrogen-bond acceptors (Lipinski definition) is 6. The molecule has 2 aliphatic heterocycles. The van der Waals surface area contributed by atoms with Gasteiger partial charge in [-0.2, -0.15) is 0 Å². The first-order valence-corrected chi connectivity index (χ1v) is 10.2. The van der Waals surface area contributed by atoms with Crippen LogP contribution in [0.1, 0.15) is 25.7 Å². The van der Waals surface area contributed by atoms with E-state index in [1.54, 1.807) is 0 Å². The van der Waals surface area contributed by atoms with Crippen molar-refractivity contribution in [2.24, 2.45) is 0 Å². The van der Waals surface area contributed by atoms with Crippen molar-refractivity contribution in [3.8, 4) is 11.3 Å². The van der Waals surface area contributed by atoms with E-state index in [2.05, 4.69) is 25.7 Å². The molecule has 0 aliphatic carbocycles. The Hall–Kier alpha value is -3.49. The first kappa shape index (κ1) is 19.8. The quantitative estimate of drug-likeness (QED) is 0.757. The molecular formula is C21H24N6O3. The van der Waals surface area contributed by atoms with Gasteiger partial charge in [0, 0.05) is 50.3 Å². The average Bonchev–Trinajstić information content (AvgIpc) is 3.29. The van der Waals surface area contributed by atoms with Crippen LogP contribution in [0.4, 0.5) is 16.3 Å². The van der Waals surface area contributed by atoms with Gasteiger partial charge in [-0.05, 0) is 37.1 Å². The summed E-state index contributed by atoms with van der Waals surface area (Å²) in [7, 11) is 0. The maximum atomic E-state index is 12.2. The van der Waals surface area contributed by atoms with Gasteiger partial charge >= 0.3 is 6.03 Å². The summed E-state index contributed by atoms with van der Waals surface area (Å²) in [6.45, 7) is 2.66. The van der Waals surface area contributed by atoms with E-state index < -0.39 is 6.03 Å². The second kappa shape index (κ2) is 8.89. The number of imide groups is 1. The Morgan fingerprint density at radius 3 is 2.43 bits per heavy atom. The number of carbonyl (C=O) groups is 3. The minimum Gasteiger partial charge on any atom is -0.355 e. The number of nitrogens with zero attached hydrogens (tertiary/aromatic N) is 4.